The van der Waals surface area contributed by atoms with Gasteiger partial charge in [-0.3, -0.25) is 0 Å². The summed E-state index contributed by atoms with van der Waals surface area (Å²) in [5.74, 6) is 0. The van der Waals surface area contributed by atoms with Gasteiger partial charge < -0.3 is 4.90 Å². The number of rotatable bonds is 0. The van der Waals surface area contributed by atoms with E-state index in [0.717, 1.165) is 0 Å². The molecule has 0 bridgehead atoms. The van der Waals surface area contributed by atoms with Crippen molar-refractivity contribution < 1.29 is 37.7 Å². The van der Waals surface area contributed by atoms with Crippen molar-refractivity contribution in [1.29, 1.82) is 0 Å². The zero-order valence-electron chi connectivity index (χ0n) is 13.4. The van der Waals surface area contributed by atoms with Gasteiger partial charge in [-0.15, -0.1) is 0 Å². The minimum absolute atomic E-state index is 0. The maximum Gasteiger partial charge on any atom is 0.0396 e. The van der Waals surface area contributed by atoms with Crippen molar-refractivity contribution in [1.82, 2.24) is 0 Å². The molecule has 1 heterocycles. The van der Waals surface area contributed by atoms with Crippen LogP contribution in [0.4, 0.5) is 5.69 Å². The Hall–Kier alpha value is -0.500. The molecule has 1 nitrogen and oxygen atoms in total. The molecule has 0 atom stereocenters. The van der Waals surface area contributed by atoms with Gasteiger partial charge in [0, 0.05) is 57.0 Å². The fraction of sp³-hybridized carbons (Fsp3) is 0.400. The SMILES string of the molecule is CN1CCCc2ccccc21.[Ar].c1ccc2c(c1)CCCC2. The van der Waals surface area contributed by atoms with Gasteiger partial charge >= 0.3 is 0 Å². The second kappa shape index (κ2) is 8.96. The number of anilines is 1. The second-order valence-electron chi connectivity index (χ2n) is 6.13. The monoisotopic (exact) mass is 319 g/mol. The normalized spacial score (nSPS) is 15.6. The van der Waals surface area contributed by atoms with E-state index in [2.05, 4.69) is 60.5 Å². The van der Waals surface area contributed by atoms with E-state index in [4.69, 9.17) is 0 Å². The van der Waals surface area contributed by atoms with Crippen LogP contribution in [0.25, 0.3) is 0 Å². The quantitative estimate of drug-likeness (QED) is 0.684. The molecule has 118 valence electrons. The number of hydrogen-bond acceptors (Lipinski definition) is 1. The third-order valence-electron chi connectivity index (χ3n) is 4.60. The smallest absolute Gasteiger partial charge is 0.0396 e. The molecule has 4 rings (SSSR count). The topological polar surface area (TPSA) is 3.24 Å². The van der Waals surface area contributed by atoms with Crippen molar-refractivity contribution in [3.8, 4) is 0 Å². The van der Waals surface area contributed by atoms with Crippen LogP contribution in [0.2, 0.25) is 0 Å². The molecular weight excluding hydrogens is 294 g/mol. The van der Waals surface area contributed by atoms with Gasteiger partial charge in [-0.25, -0.2) is 0 Å². The van der Waals surface area contributed by atoms with Crippen molar-refractivity contribution >= 4 is 5.69 Å². The minimum Gasteiger partial charge on any atom is -0.374 e. The van der Waals surface area contributed by atoms with E-state index in [1.54, 1.807) is 11.1 Å². The number of hydrogen-bond donors (Lipinski definition) is 0. The molecule has 22 heavy (non-hydrogen) atoms. The molecule has 0 N–H and O–H groups in total. The Morgan fingerprint density at radius 2 is 1.18 bits per heavy atom. The van der Waals surface area contributed by atoms with Crippen LogP contribution in [0.5, 0.6) is 0 Å². The van der Waals surface area contributed by atoms with Crippen LogP contribution in [0, 0.1) is 37.7 Å². The van der Waals surface area contributed by atoms with Crippen LogP contribution >= 0.6 is 0 Å². The van der Waals surface area contributed by atoms with Gasteiger partial charge in [-0.2, -0.15) is 0 Å². The predicted molar refractivity (Wildman–Crippen MR) is 91.1 cm³/mol. The maximum absolute atomic E-state index is 2.33. The molecule has 0 saturated carbocycles. The fourth-order valence-electron chi connectivity index (χ4n) is 3.40. The minimum atomic E-state index is 0. The number of aryl methyl sites for hydroxylation is 3. The van der Waals surface area contributed by atoms with E-state index >= 15 is 0 Å². The zero-order chi connectivity index (χ0) is 14.5. The fourth-order valence-corrected chi connectivity index (χ4v) is 3.40. The molecule has 0 aromatic heterocycles. The van der Waals surface area contributed by atoms with E-state index in [1.165, 1.54) is 56.3 Å². The van der Waals surface area contributed by atoms with Crippen LogP contribution in [0.15, 0.2) is 48.5 Å². The first-order valence-electron chi connectivity index (χ1n) is 8.20. The maximum atomic E-state index is 2.33. The molecule has 0 unspecified atom stereocenters. The average molecular weight is 319 g/mol. The van der Waals surface area contributed by atoms with Crippen LogP contribution < -0.4 is 4.90 Å². The molecule has 1 aliphatic carbocycles. The van der Waals surface area contributed by atoms with Gasteiger partial charge in [-0.05, 0) is 61.3 Å². The molecule has 2 aromatic carbocycles. The number of para-hydroxylation sites is 1. The van der Waals surface area contributed by atoms with E-state index < -0.39 is 0 Å². The van der Waals surface area contributed by atoms with Crippen molar-refractivity contribution in [2.75, 3.05) is 18.5 Å². The predicted octanol–water partition coefficient (Wildman–Crippen LogP) is 4.63. The van der Waals surface area contributed by atoms with Gasteiger partial charge in [0.1, 0.15) is 0 Å². The Labute approximate surface area is 164 Å². The van der Waals surface area contributed by atoms with Gasteiger partial charge in [0.2, 0.25) is 0 Å². The van der Waals surface area contributed by atoms with Crippen LogP contribution in [0.3, 0.4) is 0 Å². The van der Waals surface area contributed by atoms with Crippen molar-refractivity contribution in [2.24, 2.45) is 0 Å². The Bertz CT molecular complexity index is 569. The standard InChI is InChI=1S/C10H13N.C10H12.Ar/c1-11-8-4-6-9-5-2-3-7-10(9)11;1-2-6-10-8-4-3-7-9(10)5-1;/h2-3,5,7H,4,6,8H2,1H3;1-2,5-6H,3-4,7-8H2;. The summed E-state index contributed by atoms with van der Waals surface area (Å²) in [5.41, 5.74) is 6.07. The first-order valence-corrected chi connectivity index (χ1v) is 8.20. The van der Waals surface area contributed by atoms with Gasteiger partial charge in [0.25, 0.3) is 0 Å². The molecule has 2 aliphatic rings. The van der Waals surface area contributed by atoms with Crippen molar-refractivity contribution in [3.05, 3.63) is 65.2 Å². The number of fused-ring (bicyclic) bond motifs is 2. The van der Waals surface area contributed by atoms with Crippen molar-refractivity contribution in [2.45, 2.75) is 38.5 Å². The molecule has 0 fully saturated rings. The molecule has 2 aromatic rings. The summed E-state index contributed by atoms with van der Waals surface area (Å²) in [6, 6.07) is 17.5. The molecule has 0 radical (unpaired) electrons. The van der Waals surface area contributed by atoms with E-state index in [1.807, 2.05) is 0 Å². The molecule has 2 heteroatoms. The summed E-state index contributed by atoms with van der Waals surface area (Å²) in [4.78, 5) is 2.33. The molecule has 0 saturated heterocycles. The van der Waals surface area contributed by atoms with Crippen LogP contribution in [0.1, 0.15) is 36.0 Å². The molecule has 0 spiro atoms. The Morgan fingerprint density at radius 1 is 0.682 bits per heavy atom. The first kappa shape index (κ1) is 17.8. The number of nitrogens with zero attached hydrogens (tertiary/aromatic N) is 1. The average Bonchev–Trinajstić information content (AvgIpc) is 2.56. The summed E-state index contributed by atoms with van der Waals surface area (Å²) < 4.78 is 0. The zero-order valence-corrected chi connectivity index (χ0v) is 14.1. The Morgan fingerprint density at radius 3 is 1.77 bits per heavy atom. The molecule has 1 aliphatic heterocycles. The Kier molecular flexibility index (Phi) is 7.27. The summed E-state index contributed by atoms with van der Waals surface area (Å²) in [7, 11) is 2.16. The molecular formula is C20H25ArN. The second-order valence-corrected chi connectivity index (χ2v) is 6.13. The first-order chi connectivity index (χ1) is 10.3. The van der Waals surface area contributed by atoms with E-state index in [0.29, 0.717) is 0 Å². The van der Waals surface area contributed by atoms with E-state index in [9.17, 15) is 0 Å². The third-order valence-corrected chi connectivity index (χ3v) is 4.60. The summed E-state index contributed by atoms with van der Waals surface area (Å²) in [6.45, 7) is 1.21. The summed E-state index contributed by atoms with van der Waals surface area (Å²) in [5, 5.41) is 0. The van der Waals surface area contributed by atoms with Crippen LogP contribution in [-0.2, 0) is 19.3 Å². The summed E-state index contributed by atoms with van der Waals surface area (Å²) >= 11 is 0. The van der Waals surface area contributed by atoms with Crippen molar-refractivity contribution in [3.63, 3.8) is 0 Å². The van der Waals surface area contributed by atoms with Crippen LogP contribution in [-0.4, -0.2) is 13.6 Å². The number of benzene rings is 2. The summed E-state index contributed by atoms with van der Waals surface area (Å²) in [6.07, 6.45) is 7.92. The third kappa shape index (κ3) is 4.50. The van der Waals surface area contributed by atoms with Gasteiger partial charge in [0.15, 0.2) is 0 Å². The van der Waals surface area contributed by atoms with E-state index in [-0.39, 0.29) is 37.7 Å². The Balaban J connectivity index is 0.000000154. The van der Waals surface area contributed by atoms with Gasteiger partial charge in [0.05, 0.1) is 0 Å². The molecule has 0 amide bonds. The van der Waals surface area contributed by atoms with Gasteiger partial charge in [-0.1, -0.05) is 42.5 Å². The largest absolute Gasteiger partial charge is 0.374 e.